The number of hydrogen-bond donors (Lipinski definition) is 3. The van der Waals surface area contributed by atoms with Crippen LogP contribution in [-0.2, 0) is 33.9 Å². The molecule has 57 heavy (non-hydrogen) atoms. The summed E-state index contributed by atoms with van der Waals surface area (Å²) in [5, 5.41) is 6.38. The van der Waals surface area contributed by atoms with Gasteiger partial charge in [0.25, 0.3) is 5.91 Å². The maximum Gasteiger partial charge on any atom is 0.427 e. The fourth-order valence-electron chi connectivity index (χ4n) is 7.03. The Morgan fingerprint density at radius 3 is 2.56 bits per heavy atom. The van der Waals surface area contributed by atoms with E-state index in [1.165, 1.54) is 20.2 Å². The molecule has 2 saturated carbocycles. The lowest BCUT2D eigenvalue weighted by Gasteiger charge is -2.34. The molecule has 6 atom stereocenters. The molecule has 3 heterocycles. The number of aromatic nitrogens is 1. The fourth-order valence-corrected chi connectivity index (χ4v) is 8.34. The molecule has 4 aliphatic rings. The Kier molecular flexibility index (Phi) is 11.5. The number of fused-ring (bicyclic) bond motifs is 3. The number of alkyl carbamates (subject to hydrolysis) is 1. The molecule has 2 aliphatic carbocycles. The van der Waals surface area contributed by atoms with E-state index in [4.69, 9.17) is 18.9 Å². The van der Waals surface area contributed by atoms with E-state index in [0.29, 0.717) is 50.7 Å². The van der Waals surface area contributed by atoms with Crippen molar-refractivity contribution in [3.05, 3.63) is 42.6 Å². The number of alkyl halides is 3. The Bertz CT molecular complexity index is 2040. The molecule has 312 valence electrons. The maximum absolute atomic E-state index is 14.7. The standard InChI is InChI=1S/C38H48F3N5O10S/c1-6-28-29(43-34(50)56-35(2,3)38(39,40)41)32(48)46-21-25(55-31-26-12-11-24(53-5)18-22(26)13-16-42-31)19-27(46)30(47)44-37(20-23(37)10-8-7-9-17-54-28)33(49)45-57(51,52)36(4)14-15-36/h8,10-13,16,18,23,25,27-29H,6-7,9,14-15,17,19-21H2,1-5H3,(H,43,50)(H,44,47)(H,45,49)/b10-8-/t23?,25-,27+,28+,29+,37-/m1/s1. The zero-order valence-electron chi connectivity index (χ0n) is 32.3. The molecular formula is C38H48F3N5O10S. The van der Waals surface area contributed by atoms with Gasteiger partial charge in [0, 0.05) is 30.5 Å². The minimum Gasteiger partial charge on any atom is -0.497 e. The van der Waals surface area contributed by atoms with Gasteiger partial charge in [-0.05, 0) is 88.9 Å². The molecule has 1 aromatic carbocycles. The number of methoxy groups -OCH3 is 1. The largest absolute Gasteiger partial charge is 0.497 e. The van der Waals surface area contributed by atoms with Crippen LogP contribution in [0.5, 0.6) is 11.6 Å². The van der Waals surface area contributed by atoms with Crippen LogP contribution in [0.25, 0.3) is 10.8 Å². The van der Waals surface area contributed by atoms with Crippen molar-refractivity contribution in [2.45, 2.75) is 119 Å². The van der Waals surface area contributed by atoms with E-state index in [1.54, 1.807) is 43.3 Å². The third-order valence-electron chi connectivity index (χ3n) is 11.2. The molecular weight excluding hydrogens is 776 g/mol. The molecule has 3 N–H and O–H groups in total. The summed E-state index contributed by atoms with van der Waals surface area (Å²) in [4.78, 5) is 61.6. The van der Waals surface area contributed by atoms with Gasteiger partial charge in [-0.25, -0.2) is 18.2 Å². The van der Waals surface area contributed by atoms with E-state index in [1.807, 2.05) is 0 Å². The lowest BCUT2D eigenvalue weighted by molar-refractivity contribution is -0.244. The van der Waals surface area contributed by atoms with Crippen molar-refractivity contribution < 1.29 is 59.7 Å². The first-order chi connectivity index (χ1) is 26.7. The van der Waals surface area contributed by atoms with Crippen molar-refractivity contribution in [3.8, 4) is 11.6 Å². The minimum atomic E-state index is -4.94. The van der Waals surface area contributed by atoms with Gasteiger partial charge in [-0.15, -0.1) is 0 Å². The molecule has 1 aromatic heterocycles. The van der Waals surface area contributed by atoms with Gasteiger partial charge in [0.15, 0.2) is 0 Å². The summed E-state index contributed by atoms with van der Waals surface area (Å²) in [7, 11) is -2.56. The number of pyridine rings is 1. The van der Waals surface area contributed by atoms with Gasteiger partial charge in [-0.1, -0.05) is 19.1 Å². The molecule has 15 nitrogen and oxygen atoms in total. The van der Waals surface area contributed by atoms with Gasteiger partial charge in [-0.2, -0.15) is 13.2 Å². The summed E-state index contributed by atoms with van der Waals surface area (Å²) in [6.07, 6.45) is -1.75. The smallest absolute Gasteiger partial charge is 0.427 e. The molecule has 2 aliphatic heterocycles. The lowest BCUT2D eigenvalue weighted by Crippen LogP contribution is -2.61. The third-order valence-corrected chi connectivity index (χ3v) is 13.4. The Morgan fingerprint density at radius 1 is 1.16 bits per heavy atom. The number of sulfonamides is 1. The SMILES string of the molecule is CC[C@@H]1OCCC/C=C\C2C[C@@]2(C(=O)NS(=O)(=O)C2(C)CC2)NC(=O)[C@@H]2C[C@@H](Oc3nccc4cc(OC)ccc34)CN2C(=O)[C@H]1NC(=O)OC(C)(C)C(F)(F)F. The first kappa shape index (κ1) is 42.0. The second-order valence-electron chi connectivity index (χ2n) is 15.7. The second-order valence-corrected chi connectivity index (χ2v) is 17.9. The zero-order valence-corrected chi connectivity index (χ0v) is 33.1. The molecule has 4 amide bonds. The summed E-state index contributed by atoms with van der Waals surface area (Å²) >= 11 is 0. The van der Waals surface area contributed by atoms with Gasteiger partial charge >= 0.3 is 12.3 Å². The van der Waals surface area contributed by atoms with Crippen molar-refractivity contribution in [1.29, 1.82) is 0 Å². The van der Waals surface area contributed by atoms with Gasteiger partial charge in [0.05, 0.1) is 24.5 Å². The summed E-state index contributed by atoms with van der Waals surface area (Å²) in [6.45, 7) is 4.35. The Hall–Kier alpha value is -4.65. The van der Waals surface area contributed by atoms with Crippen LogP contribution in [0.1, 0.15) is 72.6 Å². The fraction of sp³-hybridized carbons (Fsp3) is 0.605. The zero-order chi connectivity index (χ0) is 41.6. The summed E-state index contributed by atoms with van der Waals surface area (Å²) in [5.74, 6) is -2.41. The first-order valence-corrected chi connectivity index (χ1v) is 20.4. The van der Waals surface area contributed by atoms with Gasteiger partial charge in [0.2, 0.25) is 33.3 Å². The van der Waals surface area contributed by atoms with Gasteiger partial charge in [0.1, 0.15) is 29.5 Å². The highest BCUT2D eigenvalue weighted by Gasteiger charge is 2.63. The van der Waals surface area contributed by atoms with E-state index in [0.717, 1.165) is 10.3 Å². The highest BCUT2D eigenvalue weighted by Crippen LogP contribution is 2.47. The quantitative estimate of drug-likeness (QED) is 0.310. The normalized spacial score (nSPS) is 28.4. The van der Waals surface area contributed by atoms with E-state index in [9.17, 15) is 40.8 Å². The van der Waals surface area contributed by atoms with E-state index >= 15 is 0 Å². The molecule has 0 bridgehead atoms. The first-order valence-electron chi connectivity index (χ1n) is 18.9. The van der Waals surface area contributed by atoms with Crippen molar-refractivity contribution in [3.63, 3.8) is 0 Å². The number of nitrogens with zero attached hydrogens (tertiary/aromatic N) is 2. The van der Waals surface area contributed by atoms with Gasteiger partial charge < -0.3 is 34.5 Å². The third kappa shape index (κ3) is 8.63. The highest BCUT2D eigenvalue weighted by molar-refractivity contribution is 7.91. The number of benzene rings is 1. The summed E-state index contributed by atoms with van der Waals surface area (Å²) in [5.41, 5.74) is -4.58. The number of amides is 4. The average Bonchev–Trinajstić information content (AvgIpc) is 4.02. The topological polar surface area (TPSA) is 192 Å². The van der Waals surface area contributed by atoms with Crippen molar-refractivity contribution in [1.82, 2.24) is 25.2 Å². The average molecular weight is 824 g/mol. The molecule has 2 aromatic rings. The van der Waals surface area contributed by atoms with Gasteiger partial charge in [-0.3, -0.25) is 19.1 Å². The number of halogens is 3. The molecule has 1 saturated heterocycles. The van der Waals surface area contributed by atoms with Crippen LogP contribution in [0.15, 0.2) is 42.6 Å². The molecule has 0 spiro atoms. The van der Waals surface area contributed by atoms with Crippen LogP contribution >= 0.6 is 0 Å². The van der Waals surface area contributed by atoms with Crippen LogP contribution in [0.3, 0.4) is 0 Å². The number of nitrogens with one attached hydrogen (secondary N) is 3. The van der Waals surface area contributed by atoms with Crippen LogP contribution in [-0.4, -0.2) is 109 Å². The highest BCUT2D eigenvalue weighted by atomic mass is 32.2. The monoisotopic (exact) mass is 823 g/mol. The Labute approximate surface area is 328 Å². The number of carbonyl (C=O) groups is 4. The molecule has 1 unspecified atom stereocenters. The van der Waals surface area contributed by atoms with Crippen molar-refractivity contribution in [2.24, 2.45) is 5.92 Å². The second kappa shape index (κ2) is 15.6. The summed E-state index contributed by atoms with van der Waals surface area (Å²) in [6, 6.07) is 3.98. The number of ether oxygens (including phenoxy) is 4. The van der Waals surface area contributed by atoms with Crippen LogP contribution in [0, 0.1) is 5.92 Å². The molecule has 6 rings (SSSR count). The van der Waals surface area contributed by atoms with E-state index in [2.05, 4.69) is 20.3 Å². The Balaban J connectivity index is 1.35. The molecule has 19 heteroatoms. The number of allylic oxidation sites excluding steroid dienone is 1. The van der Waals surface area contributed by atoms with Crippen molar-refractivity contribution in [2.75, 3.05) is 20.3 Å². The molecule has 3 fully saturated rings. The van der Waals surface area contributed by atoms with Crippen molar-refractivity contribution >= 4 is 44.6 Å². The Morgan fingerprint density at radius 2 is 1.89 bits per heavy atom. The number of rotatable bonds is 9. The predicted molar refractivity (Wildman–Crippen MR) is 198 cm³/mol. The van der Waals surface area contributed by atoms with Crippen LogP contribution < -0.4 is 24.8 Å². The van der Waals surface area contributed by atoms with E-state index in [-0.39, 0.29) is 38.3 Å². The number of carbonyl (C=O) groups excluding carboxylic acids is 4. The minimum absolute atomic E-state index is 0.0778. The van der Waals surface area contributed by atoms with Crippen LogP contribution in [0.2, 0.25) is 0 Å². The molecule has 0 radical (unpaired) electrons. The number of hydrogen-bond acceptors (Lipinski definition) is 11. The predicted octanol–water partition coefficient (Wildman–Crippen LogP) is 4.05. The van der Waals surface area contributed by atoms with E-state index < -0.39 is 86.1 Å². The maximum atomic E-state index is 14.7. The summed E-state index contributed by atoms with van der Waals surface area (Å²) < 4.78 is 90.9. The van der Waals surface area contributed by atoms with Crippen LogP contribution in [0.4, 0.5) is 18.0 Å². The lowest BCUT2D eigenvalue weighted by atomic mass is 10.1.